The summed E-state index contributed by atoms with van der Waals surface area (Å²) in [5.41, 5.74) is 0.901. The molecule has 1 N–H and O–H groups in total. The molecule has 1 aromatic rings. The van der Waals surface area contributed by atoms with Gasteiger partial charge < -0.3 is 19.5 Å². The van der Waals surface area contributed by atoms with Crippen LogP contribution in [0.25, 0.3) is 0 Å². The van der Waals surface area contributed by atoms with Crippen molar-refractivity contribution in [2.45, 2.75) is 6.10 Å². The summed E-state index contributed by atoms with van der Waals surface area (Å²) in [5.74, 6) is 0.735. The normalized spacial score (nSPS) is 19.3. The van der Waals surface area contributed by atoms with Crippen LogP contribution in [0.3, 0.4) is 0 Å². The molecule has 1 unspecified atom stereocenters. The Bertz CT molecular complexity index is 407. The van der Waals surface area contributed by atoms with E-state index in [1.807, 2.05) is 24.3 Å². The molecule has 1 aromatic carbocycles. The second-order valence-electron chi connectivity index (χ2n) is 3.82. The predicted octanol–water partition coefficient (Wildman–Crippen LogP) is 1.18. The number of nitrogens with zero attached hydrogens (tertiary/aromatic N) is 1. The number of hydrogen-bond acceptors (Lipinski definition) is 4. The van der Waals surface area contributed by atoms with Gasteiger partial charge in [0.25, 0.3) is 0 Å². The van der Waals surface area contributed by atoms with Crippen LogP contribution in [0.4, 0.5) is 4.79 Å². The molecule has 92 valence electrons. The van der Waals surface area contributed by atoms with Gasteiger partial charge in [-0.3, -0.25) is 0 Å². The molecule has 1 aliphatic heterocycles. The number of ether oxygens (including phenoxy) is 2. The van der Waals surface area contributed by atoms with Crippen molar-refractivity contribution < 1.29 is 19.4 Å². The fraction of sp³-hybridized carbons (Fsp3) is 0.417. The number of β-amino-alcohol motifs (C(OH)–C–C–N with tert-alkyl or cyclic N) is 1. The minimum absolute atomic E-state index is 0.0556. The van der Waals surface area contributed by atoms with Crippen LogP contribution in [0.2, 0.25) is 0 Å². The van der Waals surface area contributed by atoms with Gasteiger partial charge in [0.1, 0.15) is 11.9 Å². The number of methoxy groups -OCH3 is 1. The zero-order valence-corrected chi connectivity index (χ0v) is 9.63. The molecule has 0 radical (unpaired) electrons. The fourth-order valence-corrected chi connectivity index (χ4v) is 1.83. The summed E-state index contributed by atoms with van der Waals surface area (Å²) in [7, 11) is 1.60. The average Bonchev–Trinajstić information content (AvgIpc) is 2.72. The van der Waals surface area contributed by atoms with Gasteiger partial charge in [0.05, 0.1) is 20.3 Å². The highest BCUT2D eigenvalue weighted by molar-refractivity contribution is 5.70. The molecule has 1 amide bonds. The number of aliphatic hydroxyl groups excluding tert-OH is 1. The number of hydrogen-bond donors (Lipinski definition) is 1. The highest BCUT2D eigenvalue weighted by atomic mass is 16.6. The van der Waals surface area contributed by atoms with E-state index < -0.39 is 0 Å². The predicted molar refractivity (Wildman–Crippen MR) is 60.9 cm³/mol. The third-order valence-electron chi connectivity index (χ3n) is 2.72. The van der Waals surface area contributed by atoms with Crippen LogP contribution in [-0.2, 0) is 4.74 Å². The fourth-order valence-electron chi connectivity index (χ4n) is 1.83. The van der Waals surface area contributed by atoms with Crippen molar-refractivity contribution in [3.63, 3.8) is 0 Å². The SMILES string of the molecule is COc1cccc(C2CN(CCO)C(=O)O2)c1. The van der Waals surface area contributed by atoms with Gasteiger partial charge in [-0.1, -0.05) is 12.1 Å². The maximum atomic E-state index is 11.5. The monoisotopic (exact) mass is 237 g/mol. The molecule has 0 saturated carbocycles. The van der Waals surface area contributed by atoms with Crippen molar-refractivity contribution in [2.75, 3.05) is 26.8 Å². The van der Waals surface area contributed by atoms with Gasteiger partial charge in [0.15, 0.2) is 0 Å². The summed E-state index contributed by atoms with van der Waals surface area (Å²) in [5, 5.41) is 8.81. The van der Waals surface area contributed by atoms with Crippen LogP contribution >= 0.6 is 0 Å². The lowest BCUT2D eigenvalue weighted by Gasteiger charge is -2.11. The number of rotatable bonds is 4. The largest absolute Gasteiger partial charge is 0.497 e. The molecule has 0 aromatic heterocycles. The third-order valence-corrected chi connectivity index (χ3v) is 2.72. The van der Waals surface area contributed by atoms with Crippen LogP contribution < -0.4 is 4.74 Å². The van der Waals surface area contributed by atoms with Gasteiger partial charge in [-0.2, -0.15) is 0 Å². The molecule has 1 saturated heterocycles. The highest BCUT2D eigenvalue weighted by Gasteiger charge is 2.31. The molecule has 1 fully saturated rings. The Morgan fingerprint density at radius 3 is 3.12 bits per heavy atom. The molecule has 5 nitrogen and oxygen atoms in total. The van der Waals surface area contributed by atoms with Crippen LogP contribution in [0.1, 0.15) is 11.7 Å². The minimum Gasteiger partial charge on any atom is -0.497 e. The van der Waals surface area contributed by atoms with Gasteiger partial charge in [0, 0.05) is 6.54 Å². The smallest absolute Gasteiger partial charge is 0.410 e. The zero-order valence-electron chi connectivity index (χ0n) is 9.63. The Hall–Kier alpha value is -1.75. The van der Waals surface area contributed by atoms with Crippen molar-refractivity contribution in [3.8, 4) is 5.75 Å². The Labute approximate surface area is 99.6 Å². The lowest BCUT2D eigenvalue weighted by atomic mass is 10.1. The van der Waals surface area contributed by atoms with E-state index >= 15 is 0 Å². The van der Waals surface area contributed by atoms with Crippen LogP contribution in [0.5, 0.6) is 5.75 Å². The molecule has 1 heterocycles. The molecule has 1 atom stereocenters. The molecule has 1 aliphatic rings. The van der Waals surface area contributed by atoms with Crippen LogP contribution in [0, 0.1) is 0 Å². The third kappa shape index (κ3) is 2.50. The minimum atomic E-state index is -0.383. The standard InChI is InChI=1S/C12H15NO4/c1-16-10-4-2-3-9(7-10)11-8-13(5-6-14)12(15)17-11/h2-4,7,11,14H,5-6,8H2,1H3. The Balaban J connectivity index is 2.11. The van der Waals surface area contributed by atoms with E-state index in [0.717, 1.165) is 11.3 Å². The van der Waals surface area contributed by atoms with E-state index in [9.17, 15) is 4.79 Å². The van der Waals surface area contributed by atoms with E-state index in [2.05, 4.69) is 0 Å². The zero-order chi connectivity index (χ0) is 12.3. The molecule has 2 rings (SSSR count). The van der Waals surface area contributed by atoms with E-state index in [1.165, 1.54) is 4.90 Å². The highest BCUT2D eigenvalue weighted by Crippen LogP contribution is 2.27. The molecular formula is C12H15NO4. The van der Waals surface area contributed by atoms with Crippen LogP contribution in [-0.4, -0.2) is 42.9 Å². The average molecular weight is 237 g/mol. The van der Waals surface area contributed by atoms with Crippen molar-refractivity contribution in [3.05, 3.63) is 29.8 Å². The second kappa shape index (κ2) is 5.05. The summed E-state index contributed by atoms with van der Waals surface area (Å²) < 4.78 is 10.4. The second-order valence-corrected chi connectivity index (χ2v) is 3.82. The summed E-state index contributed by atoms with van der Waals surface area (Å²) >= 11 is 0. The summed E-state index contributed by atoms with van der Waals surface area (Å²) in [6.07, 6.45) is -0.670. The van der Waals surface area contributed by atoms with Gasteiger partial charge in [-0.05, 0) is 17.7 Å². The first-order valence-electron chi connectivity index (χ1n) is 5.45. The van der Waals surface area contributed by atoms with Gasteiger partial charge in [-0.15, -0.1) is 0 Å². The van der Waals surface area contributed by atoms with Crippen LogP contribution in [0.15, 0.2) is 24.3 Å². The maximum absolute atomic E-state index is 11.5. The molecule has 5 heteroatoms. The molecular weight excluding hydrogens is 222 g/mol. The summed E-state index contributed by atoms with van der Waals surface area (Å²) in [6.45, 7) is 0.714. The molecule has 0 bridgehead atoms. The molecule has 17 heavy (non-hydrogen) atoms. The number of aliphatic hydroxyl groups is 1. The van der Waals surface area contributed by atoms with Crippen molar-refractivity contribution in [1.82, 2.24) is 4.90 Å². The lowest BCUT2D eigenvalue weighted by Crippen LogP contribution is -2.27. The first-order chi connectivity index (χ1) is 8.24. The van der Waals surface area contributed by atoms with Gasteiger partial charge in [-0.25, -0.2) is 4.79 Å². The molecule has 0 aliphatic carbocycles. The van der Waals surface area contributed by atoms with Gasteiger partial charge >= 0.3 is 6.09 Å². The lowest BCUT2D eigenvalue weighted by molar-refractivity contribution is 0.130. The Kier molecular flexibility index (Phi) is 3.49. The number of carbonyl (C=O) groups excluding carboxylic acids is 1. The van der Waals surface area contributed by atoms with Gasteiger partial charge in [0.2, 0.25) is 0 Å². The maximum Gasteiger partial charge on any atom is 0.410 e. The number of benzene rings is 1. The van der Waals surface area contributed by atoms with E-state index in [4.69, 9.17) is 14.6 Å². The summed E-state index contributed by atoms with van der Waals surface area (Å²) in [6, 6.07) is 7.44. The van der Waals surface area contributed by atoms with Crippen molar-refractivity contribution in [2.24, 2.45) is 0 Å². The topological polar surface area (TPSA) is 59.0 Å². The number of carbonyl (C=O) groups is 1. The van der Waals surface area contributed by atoms with Crippen molar-refractivity contribution in [1.29, 1.82) is 0 Å². The number of cyclic esters (lactones) is 1. The summed E-state index contributed by atoms with van der Waals surface area (Å²) in [4.78, 5) is 13.0. The van der Waals surface area contributed by atoms with E-state index in [-0.39, 0.29) is 18.8 Å². The van der Waals surface area contributed by atoms with E-state index in [0.29, 0.717) is 13.1 Å². The first kappa shape index (κ1) is 11.7. The molecule has 0 spiro atoms. The Morgan fingerprint density at radius 2 is 2.41 bits per heavy atom. The quantitative estimate of drug-likeness (QED) is 0.854. The van der Waals surface area contributed by atoms with E-state index in [1.54, 1.807) is 7.11 Å². The van der Waals surface area contributed by atoms with Crippen molar-refractivity contribution >= 4 is 6.09 Å². The Morgan fingerprint density at radius 1 is 1.59 bits per heavy atom. The number of amides is 1. The first-order valence-corrected chi connectivity index (χ1v) is 5.45.